The highest BCUT2D eigenvalue weighted by molar-refractivity contribution is 7.98. The van der Waals surface area contributed by atoms with Gasteiger partial charge in [0.25, 0.3) is 0 Å². The van der Waals surface area contributed by atoms with Crippen LogP contribution in [0.3, 0.4) is 0 Å². The number of esters is 2. The summed E-state index contributed by atoms with van der Waals surface area (Å²) in [5.74, 6) is -0.287. The molecule has 420 valence electrons. The quantitative estimate of drug-likeness (QED) is 0.0182. The van der Waals surface area contributed by atoms with Gasteiger partial charge in [0.2, 0.25) is 0 Å². The number of carbonyl (C=O) groups is 3. The van der Waals surface area contributed by atoms with Gasteiger partial charge in [-0.2, -0.15) is 11.8 Å². The second-order valence-corrected chi connectivity index (χ2v) is 19.5. The van der Waals surface area contributed by atoms with E-state index in [1.54, 1.807) is 30.8 Å². The highest BCUT2D eigenvalue weighted by Gasteiger charge is 2.58. The molecule has 0 bridgehead atoms. The summed E-state index contributed by atoms with van der Waals surface area (Å²) in [6, 6.07) is 16.5. The number of alkyl carbamates (subject to hydrolysis) is 1. The number of azide groups is 1. The van der Waals surface area contributed by atoms with Crippen LogP contribution in [-0.2, 0) is 83.5 Å². The summed E-state index contributed by atoms with van der Waals surface area (Å²) >= 11 is 1.67. The van der Waals surface area contributed by atoms with Crippen molar-refractivity contribution in [3.8, 4) is 0 Å². The van der Waals surface area contributed by atoms with Gasteiger partial charge in [0, 0.05) is 42.8 Å². The number of aliphatic hydroxyl groups is 1. The van der Waals surface area contributed by atoms with Crippen molar-refractivity contribution in [2.75, 3.05) is 53.0 Å². The van der Waals surface area contributed by atoms with E-state index < -0.39 is 110 Å². The SMILES string of the molecule is CCCCOC1[C@@H](O[C@H]2OC(C)[C@H](NC(=O)OCc3ccccc3)[C@H](O)C2N=[N+]=[N-])C(C(=O)OC)O[C@H](OC2[C@@H](OCCCC)C(C(=O)OC)O[C@H](OCCSCc3ccccc3)[C@H]2OCCCC)[C@H]1OCCCC. The number of unbranched alkanes of at least 4 members (excludes halogenated alkanes) is 4. The van der Waals surface area contributed by atoms with E-state index in [2.05, 4.69) is 27.5 Å². The fraction of sp³-hybridized carbons (Fsp3) is 0.717. The van der Waals surface area contributed by atoms with Crippen LogP contribution in [0.1, 0.15) is 97.1 Å². The molecule has 0 saturated carbocycles. The molecule has 22 heteroatoms. The molecule has 0 radical (unpaired) electrons. The molecule has 0 aliphatic carbocycles. The van der Waals surface area contributed by atoms with Gasteiger partial charge in [-0.25, -0.2) is 14.4 Å². The van der Waals surface area contributed by atoms with E-state index in [0.717, 1.165) is 42.6 Å². The number of benzene rings is 2. The van der Waals surface area contributed by atoms with E-state index in [-0.39, 0.29) is 39.6 Å². The Morgan fingerprint density at radius 1 is 0.640 bits per heavy atom. The molecule has 1 amide bonds. The van der Waals surface area contributed by atoms with Crippen LogP contribution in [0.25, 0.3) is 10.4 Å². The summed E-state index contributed by atoms with van der Waals surface area (Å²) in [5, 5.41) is 18.3. The molecule has 6 unspecified atom stereocenters. The molecule has 2 aromatic rings. The van der Waals surface area contributed by atoms with Gasteiger partial charge >= 0.3 is 18.0 Å². The number of amides is 1. The van der Waals surface area contributed by atoms with Crippen LogP contribution in [-0.4, -0.2) is 168 Å². The van der Waals surface area contributed by atoms with Crippen molar-refractivity contribution >= 4 is 29.8 Å². The van der Waals surface area contributed by atoms with Crippen LogP contribution >= 0.6 is 11.8 Å². The molecule has 3 heterocycles. The van der Waals surface area contributed by atoms with Crippen molar-refractivity contribution in [3.63, 3.8) is 0 Å². The van der Waals surface area contributed by atoms with Gasteiger partial charge in [-0.15, -0.1) is 0 Å². The van der Waals surface area contributed by atoms with Gasteiger partial charge < -0.3 is 72.0 Å². The normalized spacial score (nSPS) is 29.7. The number of nitrogens with one attached hydrogen (secondary N) is 1. The molecule has 3 aliphatic rings. The van der Waals surface area contributed by atoms with Crippen LogP contribution in [0.5, 0.6) is 0 Å². The van der Waals surface area contributed by atoms with E-state index in [4.69, 9.17) is 61.6 Å². The summed E-state index contributed by atoms with van der Waals surface area (Å²) in [6.45, 7) is 10.7. The average molecular weight is 1080 g/mol. The van der Waals surface area contributed by atoms with Crippen LogP contribution in [0.15, 0.2) is 65.8 Å². The number of ether oxygens (including phenoxy) is 13. The Bertz CT molecular complexity index is 1990. The summed E-state index contributed by atoms with van der Waals surface area (Å²) in [6.07, 6.45) is -12.1. The van der Waals surface area contributed by atoms with Gasteiger partial charge in [0.05, 0.1) is 39.1 Å². The molecule has 75 heavy (non-hydrogen) atoms. The Balaban J connectivity index is 1.51. The Labute approximate surface area is 445 Å². The zero-order valence-corrected chi connectivity index (χ0v) is 45.3. The van der Waals surface area contributed by atoms with Crippen LogP contribution < -0.4 is 5.32 Å². The molecule has 21 nitrogen and oxygen atoms in total. The molecule has 0 spiro atoms. The third kappa shape index (κ3) is 18.5. The zero-order chi connectivity index (χ0) is 54.0. The number of rotatable bonds is 32. The molecule has 3 fully saturated rings. The Morgan fingerprint density at radius 2 is 1.15 bits per heavy atom. The molecule has 2 aromatic carbocycles. The second kappa shape index (κ2) is 33.9. The van der Waals surface area contributed by atoms with Gasteiger partial charge in [0.15, 0.2) is 31.1 Å². The minimum atomic E-state index is -1.63. The van der Waals surface area contributed by atoms with Gasteiger partial charge in [0.1, 0.15) is 49.3 Å². The summed E-state index contributed by atoms with van der Waals surface area (Å²) in [7, 11) is 2.44. The first-order chi connectivity index (χ1) is 36.5. The van der Waals surface area contributed by atoms with Crippen molar-refractivity contribution in [1.29, 1.82) is 0 Å². The maximum atomic E-state index is 14.2. The maximum Gasteiger partial charge on any atom is 0.407 e. The van der Waals surface area contributed by atoms with Crippen molar-refractivity contribution < 1.29 is 81.1 Å². The minimum Gasteiger partial charge on any atom is -0.467 e. The summed E-state index contributed by atoms with van der Waals surface area (Å²) in [4.78, 5) is 44.0. The fourth-order valence-electron chi connectivity index (χ4n) is 8.68. The molecule has 2 N–H and O–H groups in total. The lowest BCUT2D eigenvalue weighted by atomic mass is 9.94. The van der Waals surface area contributed by atoms with Crippen LogP contribution in [0.2, 0.25) is 0 Å². The van der Waals surface area contributed by atoms with Crippen molar-refractivity contribution in [1.82, 2.24) is 5.32 Å². The molecular formula is C53H80N4O17S. The highest BCUT2D eigenvalue weighted by atomic mass is 32.2. The van der Waals surface area contributed by atoms with E-state index in [0.29, 0.717) is 31.4 Å². The average Bonchev–Trinajstić information content (AvgIpc) is 3.42. The summed E-state index contributed by atoms with van der Waals surface area (Å²) < 4.78 is 82.2. The molecular weight excluding hydrogens is 997 g/mol. The van der Waals surface area contributed by atoms with E-state index in [1.165, 1.54) is 14.2 Å². The van der Waals surface area contributed by atoms with E-state index >= 15 is 0 Å². The standard InChI is InChI=1S/C53H80N4O17S/c1-8-12-26-64-40-43(47(67-29-15-11-4)51(73-44(40)48(59)62-6)68-30-31-75-33-36-24-20-17-21-25-36)72-52-46(66-28-14-10-3)41(65-27-13-9-2)42(45(74-52)49(60)63-7)71-50-38(56-57-54)39(58)37(34(5)70-50)55-53(61)69-32-35-22-18-16-19-23-35/h16-25,34,37-47,50-52,58H,8-15,26-33H2,1-7H3,(H,55,61)/t34?,37-,38?,39-,40+,41?,42+,43?,44?,45?,46-,47-,50+,51-,52-/m0/s1. The first-order valence-corrected chi connectivity index (χ1v) is 27.5. The van der Waals surface area contributed by atoms with Crippen LogP contribution in [0, 0.1) is 0 Å². The zero-order valence-electron chi connectivity index (χ0n) is 44.5. The Morgan fingerprint density at radius 3 is 1.71 bits per heavy atom. The fourth-order valence-corrected chi connectivity index (χ4v) is 9.47. The number of aliphatic hydroxyl groups excluding tert-OH is 1. The van der Waals surface area contributed by atoms with E-state index in [9.17, 15) is 25.0 Å². The smallest absolute Gasteiger partial charge is 0.407 e. The largest absolute Gasteiger partial charge is 0.467 e. The molecule has 3 saturated heterocycles. The second-order valence-electron chi connectivity index (χ2n) is 18.4. The molecule has 3 aliphatic heterocycles. The predicted molar refractivity (Wildman–Crippen MR) is 275 cm³/mol. The number of thioether (sulfide) groups is 1. The molecule has 5 rings (SSSR count). The molecule has 0 aromatic heterocycles. The Hall–Kier alpha value is -4.13. The lowest BCUT2D eigenvalue weighted by Gasteiger charge is -2.50. The number of carbonyl (C=O) groups excluding carboxylic acids is 3. The minimum absolute atomic E-state index is 0.0406. The van der Waals surface area contributed by atoms with Crippen molar-refractivity contribution in [2.24, 2.45) is 5.11 Å². The monoisotopic (exact) mass is 1080 g/mol. The number of methoxy groups -OCH3 is 2. The Kier molecular flexibility index (Phi) is 27.9. The van der Waals surface area contributed by atoms with Crippen LogP contribution in [0.4, 0.5) is 4.79 Å². The molecule has 15 atom stereocenters. The van der Waals surface area contributed by atoms with Gasteiger partial charge in [-0.3, -0.25) is 0 Å². The number of hydrogen-bond acceptors (Lipinski definition) is 19. The maximum absolute atomic E-state index is 14.2. The lowest BCUT2D eigenvalue weighted by Crippen LogP contribution is -2.69. The summed E-state index contributed by atoms with van der Waals surface area (Å²) in [5.41, 5.74) is 11.7. The van der Waals surface area contributed by atoms with Gasteiger partial charge in [-0.1, -0.05) is 119 Å². The van der Waals surface area contributed by atoms with Gasteiger partial charge in [-0.05, 0) is 49.3 Å². The van der Waals surface area contributed by atoms with E-state index in [1.807, 2.05) is 64.1 Å². The third-order valence-electron chi connectivity index (χ3n) is 12.8. The number of hydrogen-bond donors (Lipinski definition) is 2. The highest BCUT2D eigenvalue weighted by Crippen LogP contribution is 2.38. The lowest BCUT2D eigenvalue weighted by molar-refractivity contribution is -0.376. The predicted octanol–water partition coefficient (Wildman–Crippen LogP) is 7.32. The first-order valence-electron chi connectivity index (χ1n) is 26.4. The van der Waals surface area contributed by atoms with Crippen molar-refractivity contribution in [2.45, 2.75) is 190 Å². The number of nitrogens with zero attached hydrogens (tertiary/aromatic N) is 3. The third-order valence-corrected chi connectivity index (χ3v) is 13.8. The van der Waals surface area contributed by atoms with Crippen molar-refractivity contribution in [3.05, 3.63) is 82.2 Å². The topological polar surface area (TPSA) is 252 Å². The first kappa shape index (κ1) is 61.7.